The number of halogens is 1. The number of hydrogen-bond acceptors (Lipinski definition) is 3. The highest BCUT2D eigenvalue weighted by atomic mass is 35.5. The van der Waals surface area contributed by atoms with E-state index in [0.29, 0.717) is 5.02 Å². The van der Waals surface area contributed by atoms with Crippen molar-refractivity contribution >= 4 is 40.3 Å². The van der Waals surface area contributed by atoms with E-state index in [4.69, 9.17) is 16.9 Å². The van der Waals surface area contributed by atoms with Crippen LogP contribution in [-0.2, 0) is 0 Å². The van der Waals surface area contributed by atoms with Crippen LogP contribution in [0.1, 0.15) is 5.56 Å². The quantitative estimate of drug-likeness (QED) is 0.678. The average molecular weight is 271 g/mol. The normalized spacial score (nSPS) is 14.8. The first kappa shape index (κ1) is 11.2. The van der Waals surface area contributed by atoms with Crippen LogP contribution >= 0.6 is 22.9 Å². The van der Waals surface area contributed by atoms with Gasteiger partial charge in [0.15, 0.2) is 0 Å². The molecular formula is C14H7ClN2S. The first-order valence-corrected chi connectivity index (χ1v) is 6.63. The molecule has 2 heterocycles. The van der Waals surface area contributed by atoms with Crippen LogP contribution in [-0.4, -0.2) is 0 Å². The van der Waals surface area contributed by atoms with Gasteiger partial charge in [0.25, 0.3) is 0 Å². The Hall–Kier alpha value is -1.89. The van der Waals surface area contributed by atoms with Crippen LogP contribution in [0.25, 0.3) is 11.6 Å². The lowest BCUT2D eigenvalue weighted by atomic mass is 10.1. The SMILES string of the molecule is N#C/C=C1/C=c2cccc(Cl)c2=Nc2cscc21. The van der Waals surface area contributed by atoms with E-state index in [9.17, 15) is 0 Å². The van der Waals surface area contributed by atoms with Crippen LogP contribution < -0.4 is 10.6 Å². The van der Waals surface area contributed by atoms with Crippen LogP contribution in [0.3, 0.4) is 0 Å². The van der Waals surface area contributed by atoms with Crippen molar-refractivity contribution in [1.29, 1.82) is 5.26 Å². The number of fused-ring (bicyclic) bond motifs is 2. The van der Waals surface area contributed by atoms with Gasteiger partial charge in [0.05, 0.1) is 22.1 Å². The third-order valence-electron chi connectivity index (χ3n) is 2.73. The number of nitrogens with zero attached hydrogens (tertiary/aromatic N) is 2. The second-order valence-electron chi connectivity index (χ2n) is 3.83. The van der Waals surface area contributed by atoms with Crippen molar-refractivity contribution in [2.24, 2.45) is 4.99 Å². The van der Waals surface area contributed by atoms with Gasteiger partial charge in [0, 0.05) is 27.6 Å². The smallest absolute Gasteiger partial charge is 0.0918 e. The number of rotatable bonds is 0. The third kappa shape index (κ3) is 1.76. The number of benzene rings is 1. The molecule has 0 radical (unpaired) electrons. The van der Waals surface area contributed by atoms with E-state index in [1.165, 1.54) is 6.08 Å². The molecule has 1 aromatic carbocycles. The van der Waals surface area contributed by atoms with Crippen molar-refractivity contribution in [1.82, 2.24) is 0 Å². The molecule has 3 rings (SSSR count). The summed E-state index contributed by atoms with van der Waals surface area (Å²) in [4.78, 5) is 4.59. The highest BCUT2D eigenvalue weighted by molar-refractivity contribution is 7.08. The molecule has 1 aliphatic rings. The summed E-state index contributed by atoms with van der Waals surface area (Å²) in [6.45, 7) is 0. The van der Waals surface area contributed by atoms with Crippen molar-refractivity contribution in [3.8, 4) is 6.07 Å². The number of hydrogen-bond donors (Lipinski definition) is 0. The lowest BCUT2D eigenvalue weighted by molar-refractivity contribution is 1.32. The monoisotopic (exact) mass is 270 g/mol. The Labute approximate surface area is 113 Å². The topological polar surface area (TPSA) is 36.1 Å². The number of nitriles is 1. The van der Waals surface area contributed by atoms with Gasteiger partial charge in [0.2, 0.25) is 0 Å². The fourth-order valence-corrected chi connectivity index (χ4v) is 2.91. The summed E-state index contributed by atoms with van der Waals surface area (Å²) in [7, 11) is 0. The summed E-state index contributed by atoms with van der Waals surface area (Å²) in [6, 6.07) is 7.73. The van der Waals surface area contributed by atoms with Crippen molar-refractivity contribution in [3.05, 3.63) is 56.2 Å². The molecule has 0 atom stereocenters. The summed E-state index contributed by atoms with van der Waals surface area (Å²) < 4.78 is 0. The first-order chi connectivity index (χ1) is 8.79. The molecule has 1 aliphatic heterocycles. The summed E-state index contributed by atoms with van der Waals surface area (Å²) in [5.74, 6) is 0. The maximum Gasteiger partial charge on any atom is 0.0918 e. The molecule has 0 bridgehead atoms. The van der Waals surface area contributed by atoms with Gasteiger partial charge >= 0.3 is 0 Å². The molecule has 0 amide bonds. The van der Waals surface area contributed by atoms with Crippen molar-refractivity contribution in [2.75, 3.05) is 0 Å². The van der Waals surface area contributed by atoms with Crippen molar-refractivity contribution in [3.63, 3.8) is 0 Å². The van der Waals surface area contributed by atoms with Gasteiger partial charge in [-0.3, -0.25) is 0 Å². The van der Waals surface area contributed by atoms with Gasteiger partial charge in [0.1, 0.15) is 0 Å². The zero-order valence-corrected chi connectivity index (χ0v) is 10.8. The van der Waals surface area contributed by atoms with Gasteiger partial charge in [-0.1, -0.05) is 23.7 Å². The van der Waals surface area contributed by atoms with Crippen LogP contribution in [0.5, 0.6) is 0 Å². The minimum Gasteiger partial charge on any atom is -0.245 e. The van der Waals surface area contributed by atoms with E-state index in [1.807, 2.05) is 35.0 Å². The number of thiophene rings is 1. The second-order valence-corrected chi connectivity index (χ2v) is 4.98. The van der Waals surface area contributed by atoms with Crippen LogP contribution in [0.2, 0.25) is 5.02 Å². The second kappa shape index (κ2) is 4.41. The standard InChI is InChI=1S/C14H7ClN2S/c15-12-3-1-2-10-6-9(4-5-16)11-7-18-8-13(11)17-14(10)12/h1-4,6-8H/b9-4-. The Morgan fingerprint density at radius 2 is 2.22 bits per heavy atom. The molecule has 0 unspecified atom stereocenters. The molecule has 2 aromatic rings. The lowest BCUT2D eigenvalue weighted by Crippen LogP contribution is -2.24. The van der Waals surface area contributed by atoms with Gasteiger partial charge in [-0.05, 0) is 17.7 Å². The van der Waals surface area contributed by atoms with Crippen molar-refractivity contribution in [2.45, 2.75) is 0 Å². The fourth-order valence-electron chi connectivity index (χ4n) is 1.91. The van der Waals surface area contributed by atoms with Crippen LogP contribution in [0.4, 0.5) is 5.69 Å². The largest absolute Gasteiger partial charge is 0.245 e. The Balaban J connectivity index is 2.47. The Morgan fingerprint density at radius 3 is 3.06 bits per heavy atom. The summed E-state index contributed by atoms with van der Waals surface area (Å²) in [5, 5.41) is 15.2. The van der Waals surface area contributed by atoms with Gasteiger partial charge in [-0.25, -0.2) is 4.99 Å². The van der Waals surface area contributed by atoms with Gasteiger partial charge in [-0.15, -0.1) is 11.3 Å². The molecule has 1 aromatic heterocycles. The molecule has 2 nitrogen and oxygen atoms in total. The maximum absolute atomic E-state index is 8.88. The van der Waals surface area contributed by atoms with Crippen molar-refractivity contribution < 1.29 is 0 Å². The van der Waals surface area contributed by atoms with Gasteiger partial charge < -0.3 is 0 Å². The zero-order chi connectivity index (χ0) is 12.5. The maximum atomic E-state index is 8.88. The molecule has 86 valence electrons. The molecular weight excluding hydrogens is 264 g/mol. The molecule has 4 heteroatoms. The van der Waals surface area contributed by atoms with E-state index in [2.05, 4.69) is 11.1 Å². The highest BCUT2D eigenvalue weighted by Crippen LogP contribution is 2.31. The van der Waals surface area contributed by atoms with E-state index < -0.39 is 0 Å². The van der Waals surface area contributed by atoms with E-state index >= 15 is 0 Å². The zero-order valence-electron chi connectivity index (χ0n) is 9.22. The molecule has 0 saturated heterocycles. The van der Waals surface area contributed by atoms with E-state index in [0.717, 1.165) is 27.4 Å². The average Bonchev–Trinajstić information content (AvgIpc) is 2.75. The van der Waals surface area contributed by atoms with Crippen LogP contribution in [0.15, 0.2) is 40.0 Å². The Bertz CT molecular complexity index is 809. The minimum atomic E-state index is 0.624. The summed E-state index contributed by atoms with van der Waals surface area (Å²) >= 11 is 7.75. The molecule has 0 aliphatic carbocycles. The molecule has 0 N–H and O–H groups in total. The summed E-state index contributed by atoms with van der Waals surface area (Å²) in [6.07, 6.45) is 3.49. The lowest BCUT2D eigenvalue weighted by Gasteiger charge is -1.96. The third-order valence-corrected chi connectivity index (χ3v) is 3.77. The first-order valence-electron chi connectivity index (χ1n) is 5.31. The summed E-state index contributed by atoms with van der Waals surface area (Å²) in [5.41, 5.74) is 2.72. The molecule has 18 heavy (non-hydrogen) atoms. The highest BCUT2D eigenvalue weighted by Gasteiger charge is 2.10. The van der Waals surface area contributed by atoms with Gasteiger partial charge in [-0.2, -0.15) is 5.26 Å². The van der Waals surface area contributed by atoms with E-state index in [1.54, 1.807) is 11.3 Å². The predicted molar refractivity (Wildman–Crippen MR) is 74.3 cm³/mol. The minimum absolute atomic E-state index is 0.624. The molecule has 0 spiro atoms. The number of para-hydroxylation sites is 1. The molecule has 0 fully saturated rings. The Kier molecular flexibility index (Phi) is 2.75. The molecule has 0 saturated carbocycles. The Morgan fingerprint density at radius 1 is 1.33 bits per heavy atom. The van der Waals surface area contributed by atoms with Crippen LogP contribution in [0, 0.1) is 11.3 Å². The van der Waals surface area contributed by atoms with E-state index in [-0.39, 0.29) is 0 Å². The number of allylic oxidation sites excluding steroid dienone is 2. The predicted octanol–water partition coefficient (Wildman–Crippen LogP) is 3.05. The fraction of sp³-hybridized carbons (Fsp3) is 0.